The third-order valence-corrected chi connectivity index (χ3v) is 12.2. The summed E-state index contributed by atoms with van der Waals surface area (Å²) in [6, 6.07) is 24.0. The molecule has 0 aromatic heterocycles. The molecule has 1 saturated heterocycles. The smallest absolute Gasteiger partial charge is 0.412 e. The SMILES string of the molecule is CCCCCCCCCCCCC=CCCC(Cl)CC1CC(=O)N(N(C2=NN(c3c(Cl)cc(Cl)cc3Cl)C(=O)C2OC(=O)Nc2cccc3ccccc23)c2ccccc2)C1=O. The molecule has 2 heterocycles. The van der Waals surface area contributed by atoms with Gasteiger partial charge in [0, 0.05) is 22.2 Å². The first kappa shape index (κ1) is 46.9. The Hall–Kier alpha value is -4.61. The average molecular weight is 922 g/mol. The number of benzene rings is 4. The van der Waals surface area contributed by atoms with Crippen molar-refractivity contribution in [3.8, 4) is 0 Å². The Morgan fingerprint density at radius 3 is 2.16 bits per heavy atom. The Labute approximate surface area is 384 Å². The maximum absolute atomic E-state index is 14.4. The van der Waals surface area contributed by atoms with Crippen LogP contribution in [0.3, 0.4) is 0 Å². The number of imide groups is 1. The van der Waals surface area contributed by atoms with Crippen molar-refractivity contribution in [2.24, 2.45) is 11.0 Å². The first-order valence-electron chi connectivity index (χ1n) is 21.6. The zero-order valence-corrected chi connectivity index (χ0v) is 37.9. The number of alkyl halides is 1. The molecule has 0 bridgehead atoms. The number of amides is 4. The van der Waals surface area contributed by atoms with Crippen LogP contribution in [0, 0.1) is 5.92 Å². The molecule has 10 nitrogen and oxygen atoms in total. The maximum Gasteiger partial charge on any atom is 0.412 e. The second-order valence-electron chi connectivity index (χ2n) is 15.7. The second kappa shape index (κ2) is 23.2. The van der Waals surface area contributed by atoms with Gasteiger partial charge in [-0.05, 0) is 67.8 Å². The van der Waals surface area contributed by atoms with Crippen molar-refractivity contribution in [2.45, 2.75) is 115 Å². The lowest BCUT2D eigenvalue weighted by molar-refractivity contribution is -0.139. The number of fused-ring (bicyclic) bond motifs is 1. The Morgan fingerprint density at radius 2 is 1.45 bits per heavy atom. The number of nitrogens with one attached hydrogen (secondary N) is 1. The van der Waals surface area contributed by atoms with Crippen LogP contribution in [0.2, 0.25) is 15.1 Å². The summed E-state index contributed by atoms with van der Waals surface area (Å²) in [5.74, 6) is -2.93. The summed E-state index contributed by atoms with van der Waals surface area (Å²) in [7, 11) is 0. The number of nitrogens with zero attached hydrogens (tertiary/aromatic N) is 4. The third-order valence-electron chi connectivity index (χ3n) is 11.0. The van der Waals surface area contributed by atoms with E-state index in [0.717, 1.165) is 40.1 Å². The van der Waals surface area contributed by atoms with Crippen LogP contribution in [-0.4, -0.2) is 46.1 Å². The minimum absolute atomic E-state index is 0.0127. The third kappa shape index (κ3) is 12.1. The first-order valence-corrected chi connectivity index (χ1v) is 23.2. The lowest BCUT2D eigenvalue weighted by Crippen LogP contribution is -2.54. The highest BCUT2D eigenvalue weighted by molar-refractivity contribution is 6.43. The van der Waals surface area contributed by atoms with Crippen molar-refractivity contribution in [1.82, 2.24) is 5.01 Å². The predicted molar refractivity (Wildman–Crippen MR) is 252 cm³/mol. The number of anilines is 3. The molecule has 14 heteroatoms. The summed E-state index contributed by atoms with van der Waals surface area (Å²) in [6.07, 6.45) is 17.1. The number of halogens is 4. The monoisotopic (exact) mass is 919 g/mol. The molecule has 6 rings (SSSR count). The molecule has 1 N–H and O–H groups in total. The van der Waals surface area contributed by atoms with Crippen LogP contribution < -0.4 is 15.3 Å². The molecular formula is C48H53Cl4N5O5. The van der Waals surface area contributed by atoms with Crippen molar-refractivity contribution in [3.63, 3.8) is 0 Å². The second-order valence-corrected chi connectivity index (χ2v) is 17.6. The van der Waals surface area contributed by atoms with Gasteiger partial charge in [-0.15, -0.1) is 16.7 Å². The van der Waals surface area contributed by atoms with Gasteiger partial charge in [0.1, 0.15) is 5.69 Å². The highest BCUT2D eigenvalue weighted by atomic mass is 35.5. The molecule has 3 unspecified atom stereocenters. The van der Waals surface area contributed by atoms with Crippen LogP contribution in [0.15, 0.2) is 102 Å². The first-order chi connectivity index (χ1) is 30.1. The van der Waals surface area contributed by atoms with Gasteiger partial charge in [0.15, 0.2) is 0 Å². The fourth-order valence-corrected chi connectivity index (χ4v) is 9.16. The van der Waals surface area contributed by atoms with Crippen molar-refractivity contribution in [2.75, 3.05) is 15.3 Å². The van der Waals surface area contributed by atoms with E-state index < -0.39 is 35.8 Å². The highest BCUT2D eigenvalue weighted by Crippen LogP contribution is 2.40. The zero-order chi connectivity index (χ0) is 44.0. The molecule has 0 aliphatic carbocycles. The summed E-state index contributed by atoms with van der Waals surface area (Å²) < 4.78 is 5.88. The zero-order valence-electron chi connectivity index (χ0n) is 34.9. The highest BCUT2D eigenvalue weighted by Gasteiger charge is 2.51. The molecule has 4 amide bonds. The number of ether oxygens (including phenoxy) is 1. The fraction of sp³-hybridized carbons (Fsp3) is 0.396. The van der Waals surface area contributed by atoms with Crippen molar-refractivity contribution < 1.29 is 23.9 Å². The van der Waals surface area contributed by atoms with E-state index in [1.54, 1.807) is 42.5 Å². The van der Waals surface area contributed by atoms with E-state index >= 15 is 0 Å². The van der Waals surface area contributed by atoms with E-state index in [1.807, 2.05) is 30.3 Å². The van der Waals surface area contributed by atoms with Gasteiger partial charge in [0.05, 0.1) is 27.3 Å². The number of para-hydroxylation sites is 1. The Kier molecular flexibility index (Phi) is 17.5. The number of carbonyl (C=O) groups excluding carboxylic acids is 4. The number of amidine groups is 1. The summed E-state index contributed by atoms with van der Waals surface area (Å²) >= 11 is 26.2. The number of rotatable bonds is 21. The van der Waals surface area contributed by atoms with Gasteiger partial charge >= 0.3 is 6.09 Å². The fourth-order valence-electron chi connectivity index (χ4n) is 7.84. The van der Waals surface area contributed by atoms with Crippen LogP contribution in [0.1, 0.15) is 103 Å². The lowest BCUT2D eigenvalue weighted by atomic mass is 9.99. The summed E-state index contributed by atoms with van der Waals surface area (Å²) in [4.78, 5) is 56.5. The number of hydrazine groups is 1. The van der Waals surface area contributed by atoms with Gasteiger partial charge in [-0.25, -0.2) is 9.80 Å². The topological polar surface area (TPSA) is 112 Å². The normalized spacial score (nSPS) is 17.0. The Balaban J connectivity index is 1.16. The van der Waals surface area contributed by atoms with E-state index in [9.17, 15) is 19.2 Å². The van der Waals surface area contributed by atoms with E-state index in [2.05, 4.69) is 29.5 Å². The quantitative estimate of drug-likeness (QED) is 0.0386. The minimum Gasteiger partial charge on any atom is -0.427 e. The van der Waals surface area contributed by atoms with Crippen LogP contribution >= 0.6 is 46.4 Å². The van der Waals surface area contributed by atoms with Crippen molar-refractivity contribution >= 4 is 104 Å². The molecule has 0 spiro atoms. The molecule has 2 aliphatic rings. The van der Waals surface area contributed by atoms with Crippen LogP contribution in [-0.2, 0) is 19.1 Å². The van der Waals surface area contributed by atoms with Gasteiger partial charge in [-0.1, -0.05) is 166 Å². The van der Waals surface area contributed by atoms with Gasteiger partial charge in [-0.2, -0.15) is 10.0 Å². The minimum atomic E-state index is -1.78. The molecule has 1 fully saturated rings. The lowest BCUT2D eigenvalue weighted by Gasteiger charge is -2.32. The molecule has 2 aliphatic heterocycles. The summed E-state index contributed by atoms with van der Waals surface area (Å²) in [5, 5.41) is 11.8. The van der Waals surface area contributed by atoms with Crippen LogP contribution in [0.4, 0.5) is 21.9 Å². The van der Waals surface area contributed by atoms with Crippen LogP contribution in [0.25, 0.3) is 10.8 Å². The van der Waals surface area contributed by atoms with Gasteiger partial charge < -0.3 is 4.74 Å². The van der Waals surface area contributed by atoms with Crippen molar-refractivity contribution in [3.05, 3.63) is 112 Å². The van der Waals surface area contributed by atoms with E-state index in [1.165, 1.54) is 74.9 Å². The summed E-state index contributed by atoms with van der Waals surface area (Å²) in [5.41, 5.74) is 0.702. The molecular weight excluding hydrogens is 868 g/mol. The summed E-state index contributed by atoms with van der Waals surface area (Å²) in [6.45, 7) is 2.25. The van der Waals surface area contributed by atoms with E-state index in [-0.39, 0.29) is 44.8 Å². The number of unbranched alkanes of at least 4 members (excludes halogenated alkanes) is 10. The largest absolute Gasteiger partial charge is 0.427 e. The van der Waals surface area contributed by atoms with Gasteiger partial charge in [0.2, 0.25) is 17.8 Å². The number of hydrogen-bond donors (Lipinski definition) is 1. The maximum atomic E-state index is 14.4. The molecule has 4 aromatic carbocycles. The van der Waals surface area contributed by atoms with Crippen molar-refractivity contribution in [1.29, 1.82) is 0 Å². The van der Waals surface area contributed by atoms with Crippen LogP contribution in [0.5, 0.6) is 0 Å². The molecule has 0 saturated carbocycles. The van der Waals surface area contributed by atoms with E-state index in [0.29, 0.717) is 17.8 Å². The van der Waals surface area contributed by atoms with Gasteiger partial charge in [-0.3, -0.25) is 19.7 Å². The molecule has 0 radical (unpaired) electrons. The molecule has 3 atom stereocenters. The molecule has 4 aromatic rings. The number of hydrazone groups is 1. The number of hydrogen-bond acceptors (Lipinski definition) is 7. The molecule has 62 heavy (non-hydrogen) atoms. The Morgan fingerprint density at radius 1 is 0.823 bits per heavy atom. The predicted octanol–water partition coefficient (Wildman–Crippen LogP) is 13.5. The number of carbonyl (C=O) groups is 4. The average Bonchev–Trinajstić information content (AvgIpc) is 3.70. The Bertz CT molecular complexity index is 2230. The van der Waals surface area contributed by atoms with E-state index in [4.69, 9.17) is 51.1 Å². The molecule has 328 valence electrons. The standard InChI is InChI=1S/C48H53Cl4N5O5/c1-2-3-4-5-6-7-8-9-10-11-12-13-14-16-24-35(49)29-34-30-42(58)57(46(34)59)56(37-25-17-15-18-26-37)45-44(47(60)55(54-45)43-39(51)31-36(50)32-40(43)52)62-48(61)53-41-28-21-23-33-22-19-20-27-38(33)41/h13-15,17-23,25-28,31-32,34-35,44H,2-12,16,24,29-30H2,1H3,(H,53,61). The number of allylic oxidation sites excluding steroid dienone is 2. The van der Waals surface area contributed by atoms with Gasteiger partial charge in [0.25, 0.3) is 11.8 Å².